The number of aromatic nitrogens is 4. The highest BCUT2D eigenvalue weighted by atomic mass is 35.5. The average molecular weight is 475 g/mol. The molecule has 1 unspecified atom stereocenters. The molecule has 164 valence electrons. The van der Waals surface area contributed by atoms with Gasteiger partial charge in [-0.3, -0.25) is 14.3 Å². The number of pyridine rings is 1. The molecule has 1 atom stereocenters. The molecule has 2 aromatic carbocycles. The van der Waals surface area contributed by atoms with Crippen molar-refractivity contribution in [3.63, 3.8) is 0 Å². The minimum atomic E-state index is -0.303. The standard InChI is InChI=1S/C24H19ClN6OS/c1-14(29-22-17(11-28-24(26)30-22)20-12-27-13-33-20)19-10-15-6-5-9-18(25)21(15)23(32)31(19)16-7-3-2-4-8-16/h2-14H,1H3,(H3,26,28,29,30). The molecule has 0 fully saturated rings. The smallest absolute Gasteiger partial charge is 0.264 e. The number of benzene rings is 2. The van der Waals surface area contributed by atoms with Crippen LogP contribution < -0.4 is 16.6 Å². The Hall–Kier alpha value is -3.75. The third-order valence-electron chi connectivity index (χ3n) is 5.34. The summed E-state index contributed by atoms with van der Waals surface area (Å²) in [4.78, 5) is 27.3. The quantitative estimate of drug-likeness (QED) is 0.358. The number of rotatable bonds is 5. The number of nitrogens with two attached hydrogens (primary N) is 1. The lowest BCUT2D eigenvalue weighted by atomic mass is 10.1. The number of halogens is 1. The van der Waals surface area contributed by atoms with Gasteiger partial charge in [-0.05, 0) is 36.6 Å². The Labute approximate surface area is 198 Å². The van der Waals surface area contributed by atoms with Crippen molar-refractivity contribution in [1.82, 2.24) is 19.5 Å². The number of nitrogens with one attached hydrogen (secondary N) is 1. The van der Waals surface area contributed by atoms with Gasteiger partial charge in [-0.15, -0.1) is 11.3 Å². The second kappa shape index (κ2) is 8.65. The fourth-order valence-electron chi connectivity index (χ4n) is 3.82. The second-order valence-corrected chi connectivity index (χ2v) is 8.77. The topological polar surface area (TPSA) is 98.7 Å². The molecular weight excluding hydrogens is 456 g/mol. The molecule has 5 rings (SSSR count). The van der Waals surface area contributed by atoms with Crippen LogP contribution in [-0.4, -0.2) is 19.5 Å². The van der Waals surface area contributed by atoms with Crippen molar-refractivity contribution in [2.24, 2.45) is 0 Å². The second-order valence-electron chi connectivity index (χ2n) is 7.47. The number of hydrogen-bond donors (Lipinski definition) is 2. The van der Waals surface area contributed by atoms with Gasteiger partial charge in [-0.1, -0.05) is 41.9 Å². The molecule has 0 bridgehead atoms. The first-order valence-corrected chi connectivity index (χ1v) is 11.5. The predicted molar refractivity (Wildman–Crippen MR) is 134 cm³/mol. The fraction of sp³-hybridized carbons (Fsp3) is 0.0833. The maximum absolute atomic E-state index is 13.6. The van der Waals surface area contributed by atoms with Gasteiger partial charge >= 0.3 is 0 Å². The van der Waals surface area contributed by atoms with Gasteiger partial charge < -0.3 is 11.1 Å². The summed E-state index contributed by atoms with van der Waals surface area (Å²) in [5, 5.41) is 5.10. The Balaban J connectivity index is 1.68. The Kier molecular flexibility index (Phi) is 5.53. The zero-order valence-electron chi connectivity index (χ0n) is 17.6. The number of nitrogen functional groups attached to an aromatic ring is 1. The van der Waals surface area contributed by atoms with Gasteiger partial charge in [0.25, 0.3) is 5.56 Å². The van der Waals surface area contributed by atoms with E-state index in [2.05, 4.69) is 20.3 Å². The van der Waals surface area contributed by atoms with Crippen LogP contribution >= 0.6 is 22.9 Å². The van der Waals surface area contributed by atoms with Crippen molar-refractivity contribution in [2.75, 3.05) is 11.1 Å². The van der Waals surface area contributed by atoms with Crippen LogP contribution in [0.2, 0.25) is 5.02 Å². The number of thiazole rings is 1. The normalized spacial score (nSPS) is 12.1. The predicted octanol–water partition coefficient (Wildman–Crippen LogP) is 5.31. The maximum atomic E-state index is 13.6. The summed E-state index contributed by atoms with van der Waals surface area (Å²) in [7, 11) is 0. The molecular formula is C24H19ClN6OS. The molecule has 9 heteroatoms. The van der Waals surface area contributed by atoms with E-state index in [4.69, 9.17) is 17.3 Å². The minimum Gasteiger partial charge on any atom is -0.368 e. The highest BCUT2D eigenvalue weighted by Crippen LogP contribution is 2.32. The van der Waals surface area contributed by atoms with Crippen molar-refractivity contribution in [3.05, 3.63) is 93.6 Å². The van der Waals surface area contributed by atoms with E-state index < -0.39 is 0 Å². The molecule has 33 heavy (non-hydrogen) atoms. The van der Waals surface area contributed by atoms with Gasteiger partial charge in [0.05, 0.1) is 32.4 Å². The number of hydrogen-bond acceptors (Lipinski definition) is 7. The van der Waals surface area contributed by atoms with Crippen molar-refractivity contribution < 1.29 is 0 Å². The molecule has 0 aliphatic carbocycles. The van der Waals surface area contributed by atoms with Crippen molar-refractivity contribution >= 4 is 45.5 Å². The van der Waals surface area contributed by atoms with Crippen molar-refractivity contribution in [2.45, 2.75) is 13.0 Å². The van der Waals surface area contributed by atoms with Crippen LogP contribution in [0.15, 0.2) is 77.3 Å². The third kappa shape index (κ3) is 3.94. The van der Waals surface area contributed by atoms with Crippen LogP contribution in [0.5, 0.6) is 0 Å². The summed E-state index contributed by atoms with van der Waals surface area (Å²) in [6.07, 6.45) is 3.43. The largest absolute Gasteiger partial charge is 0.368 e. The van der Waals surface area contributed by atoms with Gasteiger partial charge in [-0.25, -0.2) is 4.98 Å². The summed E-state index contributed by atoms with van der Waals surface area (Å²) in [6.45, 7) is 1.97. The van der Waals surface area contributed by atoms with E-state index >= 15 is 0 Å². The van der Waals surface area contributed by atoms with E-state index in [0.29, 0.717) is 16.2 Å². The Bertz CT molecular complexity index is 1500. The van der Waals surface area contributed by atoms with Crippen LogP contribution in [0.4, 0.5) is 11.8 Å². The molecule has 7 nitrogen and oxygen atoms in total. The average Bonchev–Trinajstić information content (AvgIpc) is 3.34. The number of para-hydroxylation sites is 1. The van der Waals surface area contributed by atoms with E-state index in [1.165, 1.54) is 11.3 Å². The molecule has 5 aromatic rings. The molecule has 0 amide bonds. The van der Waals surface area contributed by atoms with Gasteiger partial charge in [0, 0.05) is 23.8 Å². The Morgan fingerprint density at radius 1 is 1.12 bits per heavy atom. The molecule has 0 radical (unpaired) electrons. The van der Waals surface area contributed by atoms with Gasteiger partial charge in [-0.2, -0.15) is 4.98 Å². The van der Waals surface area contributed by atoms with Crippen LogP contribution in [-0.2, 0) is 0 Å². The summed E-state index contributed by atoms with van der Waals surface area (Å²) >= 11 is 7.90. The van der Waals surface area contributed by atoms with Crippen LogP contribution in [0.3, 0.4) is 0 Å². The lowest BCUT2D eigenvalue weighted by Crippen LogP contribution is -2.26. The monoisotopic (exact) mass is 474 g/mol. The highest BCUT2D eigenvalue weighted by Gasteiger charge is 2.20. The van der Waals surface area contributed by atoms with Crippen LogP contribution in [0.1, 0.15) is 18.7 Å². The molecule has 0 aliphatic heterocycles. The van der Waals surface area contributed by atoms with Gasteiger partial charge in [0.1, 0.15) is 5.82 Å². The zero-order chi connectivity index (χ0) is 22.9. The summed E-state index contributed by atoms with van der Waals surface area (Å²) in [5.41, 5.74) is 9.75. The Morgan fingerprint density at radius 2 is 1.94 bits per heavy atom. The maximum Gasteiger partial charge on any atom is 0.264 e. The van der Waals surface area contributed by atoms with Gasteiger partial charge in [0.15, 0.2) is 0 Å². The SMILES string of the molecule is CC(Nc1nc(N)ncc1-c1cncs1)c1cc2cccc(Cl)c2c(=O)n1-c1ccccc1. The summed E-state index contributed by atoms with van der Waals surface area (Å²) in [6, 6.07) is 16.6. The molecule has 0 saturated heterocycles. The van der Waals surface area contributed by atoms with Crippen molar-refractivity contribution in [3.8, 4) is 16.1 Å². The lowest BCUT2D eigenvalue weighted by Gasteiger charge is -2.22. The van der Waals surface area contributed by atoms with Gasteiger partial charge in [0.2, 0.25) is 5.95 Å². The Morgan fingerprint density at radius 3 is 2.70 bits per heavy atom. The van der Waals surface area contributed by atoms with Crippen molar-refractivity contribution in [1.29, 1.82) is 0 Å². The van der Waals surface area contributed by atoms with E-state index in [1.807, 2.05) is 55.5 Å². The summed E-state index contributed by atoms with van der Waals surface area (Å²) in [5.74, 6) is 0.723. The first-order valence-electron chi connectivity index (χ1n) is 10.2. The zero-order valence-corrected chi connectivity index (χ0v) is 19.1. The van der Waals surface area contributed by atoms with Crippen LogP contribution in [0, 0.1) is 0 Å². The molecule has 3 aromatic heterocycles. The number of anilines is 2. The van der Waals surface area contributed by atoms with E-state index in [-0.39, 0.29) is 17.5 Å². The lowest BCUT2D eigenvalue weighted by molar-refractivity contribution is 0.773. The fourth-order valence-corrected chi connectivity index (χ4v) is 4.71. The molecule has 0 aliphatic rings. The molecule has 0 spiro atoms. The van der Waals surface area contributed by atoms with E-state index in [1.54, 1.807) is 28.5 Å². The first kappa shape index (κ1) is 21.1. The molecule has 0 saturated carbocycles. The van der Waals surface area contributed by atoms with Crippen LogP contribution in [0.25, 0.3) is 26.9 Å². The summed E-state index contributed by atoms with van der Waals surface area (Å²) < 4.78 is 1.68. The van der Waals surface area contributed by atoms with E-state index in [9.17, 15) is 4.79 Å². The minimum absolute atomic E-state index is 0.156. The molecule has 3 heterocycles. The van der Waals surface area contributed by atoms with E-state index in [0.717, 1.165) is 27.2 Å². The number of nitrogens with zero attached hydrogens (tertiary/aromatic N) is 4. The number of fused-ring (bicyclic) bond motifs is 1. The third-order valence-corrected chi connectivity index (χ3v) is 6.46. The molecule has 3 N–H and O–H groups in total. The highest BCUT2D eigenvalue weighted by molar-refractivity contribution is 7.13. The first-order chi connectivity index (χ1) is 16.0.